The molecule has 30 heavy (non-hydrogen) atoms. The number of phenols is 3. The van der Waals surface area contributed by atoms with Gasteiger partial charge in [0.1, 0.15) is 23.1 Å². The van der Waals surface area contributed by atoms with Crippen LogP contribution < -0.4 is 0 Å². The van der Waals surface area contributed by atoms with Crippen LogP contribution in [-0.2, 0) is 6.54 Å². The normalized spacial score (nSPS) is 11.0. The lowest BCUT2D eigenvalue weighted by atomic mass is 10.00. The van der Waals surface area contributed by atoms with Gasteiger partial charge in [0.15, 0.2) is 0 Å². The molecule has 0 radical (unpaired) electrons. The summed E-state index contributed by atoms with van der Waals surface area (Å²) < 4.78 is 17.0. The maximum absolute atomic E-state index is 14.9. The molecule has 0 amide bonds. The molecular formula is C25H22FNO3. The molecular weight excluding hydrogens is 381 g/mol. The SMILES string of the molecule is CCCn1c(-c2ccc(O)cc2)cc(-c2ccc(O)cc2)c1-c1ccc(O)cc1F. The number of phenolic OH excluding ortho intramolecular Hbond substituents is 3. The molecule has 1 aromatic heterocycles. The minimum absolute atomic E-state index is 0.130. The first-order chi connectivity index (χ1) is 14.5. The van der Waals surface area contributed by atoms with Crippen LogP contribution in [0.2, 0.25) is 0 Å². The number of nitrogens with zero attached hydrogens (tertiary/aromatic N) is 1. The van der Waals surface area contributed by atoms with E-state index in [0.29, 0.717) is 17.8 Å². The van der Waals surface area contributed by atoms with Crippen molar-refractivity contribution in [1.29, 1.82) is 0 Å². The van der Waals surface area contributed by atoms with Crippen molar-refractivity contribution in [2.24, 2.45) is 0 Å². The second kappa shape index (κ2) is 7.95. The summed E-state index contributed by atoms with van der Waals surface area (Å²) in [6.07, 6.45) is 0.835. The van der Waals surface area contributed by atoms with Crippen LogP contribution in [0.15, 0.2) is 72.8 Å². The lowest BCUT2D eigenvalue weighted by Gasteiger charge is -2.15. The van der Waals surface area contributed by atoms with Crippen molar-refractivity contribution in [3.8, 4) is 50.9 Å². The van der Waals surface area contributed by atoms with E-state index in [1.807, 2.05) is 18.2 Å². The molecule has 5 heteroatoms. The first-order valence-corrected chi connectivity index (χ1v) is 9.79. The van der Waals surface area contributed by atoms with Gasteiger partial charge in [-0.15, -0.1) is 0 Å². The van der Waals surface area contributed by atoms with E-state index < -0.39 is 5.82 Å². The highest BCUT2D eigenvalue weighted by Gasteiger charge is 2.21. The number of aromatic hydroxyl groups is 3. The third-order valence-corrected chi connectivity index (χ3v) is 5.09. The molecule has 4 aromatic rings. The second-order valence-corrected chi connectivity index (χ2v) is 7.20. The Morgan fingerprint density at radius 2 is 1.27 bits per heavy atom. The van der Waals surface area contributed by atoms with E-state index in [4.69, 9.17) is 0 Å². The predicted molar refractivity (Wildman–Crippen MR) is 116 cm³/mol. The molecule has 4 rings (SSSR count). The topological polar surface area (TPSA) is 65.6 Å². The third-order valence-electron chi connectivity index (χ3n) is 5.09. The van der Waals surface area contributed by atoms with Crippen LogP contribution >= 0.6 is 0 Å². The molecule has 152 valence electrons. The van der Waals surface area contributed by atoms with Gasteiger partial charge in [-0.2, -0.15) is 0 Å². The third kappa shape index (κ3) is 3.62. The van der Waals surface area contributed by atoms with Crippen LogP contribution in [0.25, 0.3) is 33.6 Å². The van der Waals surface area contributed by atoms with Crippen LogP contribution in [0, 0.1) is 5.82 Å². The first-order valence-electron chi connectivity index (χ1n) is 9.79. The monoisotopic (exact) mass is 403 g/mol. The lowest BCUT2D eigenvalue weighted by molar-refractivity contribution is 0.469. The second-order valence-electron chi connectivity index (χ2n) is 7.20. The number of halogens is 1. The molecule has 4 nitrogen and oxygen atoms in total. The van der Waals surface area contributed by atoms with E-state index in [1.54, 1.807) is 42.5 Å². The number of benzene rings is 3. The number of hydrogen-bond acceptors (Lipinski definition) is 3. The van der Waals surface area contributed by atoms with Crippen molar-refractivity contribution in [3.05, 3.63) is 78.6 Å². The Labute approximate surface area is 174 Å². The fourth-order valence-electron chi connectivity index (χ4n) is 3.72. The molecule has 0 unspecified atom stereocenters. The van der Waals surface area contributed by atoms with Gasteiger partial charge < -0.3 is 19.9 Å². The first kappa shape index (κ1) is 19.6. The van der Waals surface area contributed by atoms with E-state index in [-0.39, 0.29) is 17.2 Å². The smallest absolute Gasteiger partial charge is 0.136 e. The molecule has 0 aliphatic heterocycles. The summed E-state index contributed by atoms with van der Waals surface area (Å²) in [6.45, 7) is 2.71. The van der Waals surface area contributed by atoms with Crippen LogP contribution in [0.1, 0.15) is 13.3 Å². The molecule has 0 saturated carbocycles. The molecule has 0 saturated heterocycles. The molecule has 1 heterocycles. The average molecular weight is 403 g/mol. The van der Waals surface area contributed by atoms with Crippen LogP contribution in [-0.4, -0.2) is 19.9 Å². The molecule has 0 aliphatic carbocycles. The van der Waals surface area contributed by atoms with Crippen molar-refractivity contribution in [1.82, 2.24) is 4.57 Å². The molecule has 3 aromatic carbocycles. The van der Waals surface area contributed by atoms with Gasteiger partial charge in [0.2, 0.25) is 0 Å². The highest BCUT2D eigenvalue weighted by atomic mass is 19.1. The van der Waals surface area contributed by atoms with Gasteiger partial charge in [-0.1, -0.05) is 19.1 Å². The maximum Gasteiger partial charge on any atom is 0.136 e. The van der Waals surface area contributed by atoms with Crippen molar-refractivity contribution < 1.29 is 19.7 Å². The predicted octanol–water partition coefficient (Wildman–Crippen LogP) is 6.16. The van der Waals surface area contributed by atoms with Crippen LogP contribution in [0.4, 0.5) is 4.39 Å². The van der Waals surface area contributed by atoms with E-state index in [1.165, 1.54) is 6.07 Å². The van der Waals surface area contributed by atoms with Gasteiger partial charge in [-0.25, -0.2) is 4.39 Å². The summed E-state index contributed by atoms with van der Waals surface area (Å²) in [5.74, 6) is -0.309. The zero-order chi connectivity index (χ0) is 21.3. The van der Waals surface area contributed by atoms with Crippen LogP contribution in [0.5, 0.6) is 17.2 Å². The summed E-state index contributed by atoms with van der Waals surface area (Å²) in [5.41, 5.74) is 4.52. The van der Waals surface area contributed by atoms with Crippen molar-refractivity contribution in [2.45, 2.75) is 19.9 Å². The Morgan fingerprint density at radius 3 is 1.83 bits per heavy atom. The average Bonchev–Trinajstić information content (AvgIpc) is 3.08. The summed E-state index contributed by atoms with van der Waals surface area (Å²) in [4.78, 5) is 0. The number of aromatic nitrogens is 1. The Morgan fingerprint density at radius 1 is 0.700 bits per heavy atom. The Balaban J connectivity index is 2.03. The summed E-state index contributed by atoms with van der Waals surface area (Å²) in [7, 11) is 0. The minimum atomic E-state index is -0.511. The molecule has 0 spiro atoms. The summed E-state index contributed by atoms with van der Waals surface area (Å²) >= 11 is 0. The van der Waals surface area contributed by atoms with E-state index in [0.717, 1.165) is 34.9 Å². The Hall–Kier alpha value is -3.73. The zero-order valence-electron chi connectivity index (χ0n) is 16.5. The molecule has 0 atom stereocenters. The van der Waals surface area contributed by atoms with Crippen molar-refractivity contribution in [2.75, 3.05) is 0 Å². The van der Waals surface area contributed by atoms with E-state index in [2.05, 4.69) is 11.5 Å². The molecule has 0 fully saturated rings. The van der Waals surface area contributed by atoms with Crippen molar-refractivity contribution in [3.63, 3.8) is 0 Å². The Bertz CT molecular complexity index is 1180. The van der Waals surface area contributed by atoms with Crippen LogP contribution in [0.3, 0.4) is 0 Å². The van der Waals surface area contributed by atoms with Gasteiger partial charge >= 0.3 is 0 Å². The fourth-order valence-corrected chi connectivity index (χ4v) is 3.72. The molecule has 0 aliphatic rings. The maximum atomic E-state index is 14.9. The van der Waals surface area contributed by atoms with Gasteiger partial charge in [0.25, 0.3) is 0 Å². The minimum Gasteiger partial charge on any atom is -0.508 e. The fraction of sp³-hybridized carbons (Fsp3) is 0.120. The largest absolute Gasteiger partial charge is 0.508 e. The Kier molecular flexibility index (Phi) is 5.19. The number of hydrogen-bond donors (Lipinski definition) is 3. The van der Waals surface area contributed by atoms with Crippen molar-refractivity contribution >= 4 is 0 Å². The molecule has 3 N–H and O–H groups in total. The standard InChI is InChI=1S/C25H22FNO3/c1-2-13-27-24(17-5-9-19(29)10-6-17)15-22(16-3-7-18(28)8-4-16)25(27)21-12-11-20(30)14-23(21)26/h3-12,14-15,28-30H,2,13H2,1H3. The summed E-state index contributed by atoms with van der Waals surface area (Å²) in [5, 5.41) is 29.1. The van der Waals surface area contributed by atoms with E-state index >= 15 is 0 Å². The lowest BCUT2D eigenvalue weighted by Crippen LogP contribution is -2.03. The quantitative estimate of drug-likeness (QED) is 0.374. The summed E-state index contributed by atoms with van der Waals surface area (Å²) in [6, 6.07) is 19.9. The number of rotatable bonds is 5. The molecule has 0 bridgehead atoms. The zero-order valence-corrected chi connectivity index (χ0v) is 16.5. The highest BCUT2D eigenvalue weighted by molar-refractivity contribution is 5.87. The van der Waals surface area contributed by atoms with Gasteiger partial charge in [-0.3, -0.25) is 0 Å². The van der Waals surface area contributed by atoms with Gasteiger partial charge in [0, 0.05) is 29.4 Å². The van der Waals surface area contributed by atoms with Gasteiger partial charge in [-0.05, 0) is 72.1 Å². The van der Waals surface area contributed by atoms with E-state index in [9.17, 15) is 19.7 Å². The van der Waals surface area contributed by atoms with Gasteiger partial charge in [0.05, 0.1) is 5.69 Å². The highest BCUT2D eigenvalue weighted by Crippen LogP contribution is 2.41.